The van der Waals surface area contributed by atoms with Gasteiger partial charge < -0.3 is 9.47 Å². The summed E-state index contributed by atoms with van der Waals surface area (Å²) in [7, 11) is 0. The van der Waals surface area contributed by atoms with E-state index in [-0.39, 0.29) is 4.90 Å². The van der Waals surface area contributed by atoms with E-state index >= 15 is 0 Å². The highest BCUT2D eigenvalue weighted by atomic mass is 15.1. The smallest absolute Gasteiger partial charge is 0.0651 e. The second-order valence-electron chi connectivity index (χ2n) is 10.0. The number of benzene rings is 8. The van der Waals surface area contributed by atoms with Crippen molar-refractivity contribution in [1.82, 2.24) is 4.57 Å². The van der Waals surface area contributed by atoms with Gasteiger partial charge in [0, 0.05) is 33.5 Å². The summed E-state index contributed by atoms with van der Waals surface area (Å²) in [6.07, 6.45) is 0. The summed E-state index contributed by atoms with van der Waals surface area (Å²) in [5.74, 6) is 0. The molecule has 0 unspecified atom stereocenters. The van der Waals surface area contributed by atoms with Crippen molar-refractivity contribution in [3.8, 4) is 39.1 Å². The standard InChI is InChI=1S/C48H34N2/c1-4-13-35(14-5-1)37-23-28-42(29-24-37)49(43-30-25-38(26-31-43)36-15-6-2-7-16-36)44-20-12-17-39(33-44)40-27-32-48-46(34-40)45-21-10-11-22-47(45)50(48)41-18-8-3-9-19-41/h1-34H/i1D,2D,3D,4D,5D,6D,7D,8D,9D,10D,11D,12D,13D,14D,15D,16D,17D,18D,19D,20D,21D,22D,23D,24D,25D,26D,27D,28D,29D,30D,31D,32D,33D,34D. The van der Waals surface area contributed by atoms with Crippen LogP contribution in [0.1, 0.15) is 46.6 Å². The van der Waals surface area contributed by atoms with Crippen molar-refractivity contribution < 1.29 is 46.6 Å². The van der Waals surface area contributed by atoms with Gasteiger partial charge in [-0.15, -0.1) is 0 Å². The third-order valence-electron chi connectivity index (χ3n) is 7.12. The van der Waals surface area contributed by atoms with Crippen LogP contribution in [0, 0.1) is 0 Å². The lowest BCUT2D eigenvalue weighted by molar-refractivity contribution is 1.18. The molecule has 2 nitrogen and oxygen atoms in total. The van der Waals surface area contributed by atoms with E-state index < -0.39 is 283 Å². The van der Waals surface area contributed by atoms with E-state index in [1.165, 1.54) is 0 Å². The van der Waals surface area contributed by atoms with Crippen molar-refractivity contribution in [2.24, 2.45) is 0 Å². The zero-order valence-corrected chi connectivity index (χ0v) is 24.9. The third kappa shape index (κ3) is 5.43. The molecule has 0 atom stereocenters. The Morgan fingerprint density at radius 3 is 1.40 bits per heavy atom. The summed E-state index contributed by atoms with van der Waals surface area (Å²) in [6.45, 7) is 0. The van der Waals surface area contributed by atoms with E-state index in [1.807, 2.05) is 0 Å². The van der Waals surface area contributed by atoms with Crippen molar-refractivity contribution >= 4 is 38.9 Å². The van der Waals surface area contributed by atoms with Gasteiger partial charge in [-0.2, -0.15) is 0 Å². The average Bonchev–Trinajstić information content (AvgIpc) is 1.47. The highest BCUT2D eigenvalue weighted by molar-refractivity contribution is 6.10. The SMILES string of the molecule is [2H]c1c([2H])c([2H])c(-c2c([2H])c([2H])c(N(c3c([2H])c([2H])c(-c4c([2H])c([2H])c([2H])c([2H])c4[2H])c([2H])c3[2H])c3c([2H])c([2H])c([2H])c(-c4c([2H])c([2H])c5c(c4[2H])c4c([2H])c([2H])c([2H])c([2H])c4n5-c4c([2H])c([2H])c([2H])c([2H])c4[2H])c3[2H])c([2H])c2[2H])c([2H])c1[2H]. The van der Waals surface area contributed by atoms with E-state index in [0.29, 0.717) is 4.57 Å². The van der Waals surface area contributed by atoms with Gasteiger partial charge in [-0.1, -0.05) is 139 Å². The van der Waals surface area contributed by atoms with Crippen LogP contribution in [0.5, 0.6) is 0 Å². The second-order valence-corrected chi connectivity index (χ2v) is 10.0. The minimum Gasteiger partial charge on any atom is -0.310 e. The number of aromatic nitrogens is 1. The van der Waals surface area contributed by atoms with Crippen molar-refractivity contribution in [1.29, 1.82) is 0 Å². The summed E-state index contributed by atoms with van der Waals surface area (Å²) >= 11 is 0. The normalized spacial score (nSPS) is 20.7. The fraction of sp³-hybridized carbons (Fsp3) is 0. The molecule has 9 rings (SSSR count). The first-order chi connectivity index (χ1) is 39.0. The highest BCUT2D eigenvalue weighted by Gasteiger charge is 2.16. The Hall–Kier alpha value is -6.64. The Morgan fingerprint density at radius 1 is 0.320 bits per heavy atom. The van der Waals surface area contributed by atoms with Gasteiger partial charge >= 0.3 is 0 Å². The van der Waals surface area contributed by atoms with E-state index in [4.69, 9.17) is 26.0 Å². The maximum atomic E-state index is 9.95. The van der Waals surface area contributed by atoms with Crippen molar-refractivity contribution in [2.45, 2.75) is 0 Å². The summed E-state index contributed by atoms with van der Waals surface area (Å²) in [6, 6.07) is -37.3. The van der Waals surface area contributed by atoms with Crippen LogP contribution in [-0.2, 0) is 0 Å². The lowest BCUT2D eigenvalue weighted by Crippen LogP contribution is -2.10. The van der Waals surface area contributed by atoms with Gasteiger partial charge in [0.15, 0.2) is 0 Å². The lowest BCUT2D eigenvalue weighted by atomic mass is 10.0. The Morgan fingerprint density at radius 2 is 0.780 bits per heavy atom. The molecule has 0 aliphatic rings. The Bertz CT molecular complexity index is 4260. The summed E-state index contributed by atoms with van der Waals surface area (Å²) in [5.41, 5.74) is -11.8. The van der Waals surface area contributed by atoms with Crippen molar-refractivity contribution in [3.05, 3.63) is 205 Å². The number of nitrogens with zero attached hydrogens (tertiary/aromatic N) is 2. The Labute approximate surface area is 340 Å². The fourth-order valence-corrected chi connectivity index (χ4v) is 4.96. The molecule has 0 bridgehead atoms. The number of hydrogen-bond donors (Lipinski definition) is 0. The monoisotopic (exact) mass is 672 g/mol. The zero-order valence-electron chi connectivity index (χ0n) is 58.9. The molecule has 0 spiro atoms. The first kappa shape index (κ1) is 10.7. The van der Waals surface area contributed by atoms with E-state index in [2.05, 4.69) is 0 Å². The zero-order chi connectivity index (χ0) is 62.9. The Balaban J connectivity index is 1.50. The molecule has 0 amide bonds. The molecule has 50 heavy (non-hydrogen) atoms. The molecule has 0 saturated carbocycles. The van der Waals surface area contributed by atoms with Gasteiger partial charge in [0.1, 0.15) is 0 Å². The highest BCUT2D eigenvalue weighted by Crippen LogP contribution is 2.40. The molecule has 9 aromatic rings. The molecule has 0 radical (unpaired) electrons. The molecule has 2 heteroatoms. The van der Waals surface area contributed by atoms with Crippen LogP contribution < -0.4 is 4.90 Å². The number of anilines is 3. The Kier molecular flexibility index (Phi) is 2.72. The van der Waals surface area contributed by atoms with Gasteiger partial charge in [0.05, 0.1) is 57.6 Å². The largest absolute Gasteiger partial charge is 0.310 e. The van der Waals surface area contributed by atoms with Gasteiger partial charge in [0.25, 0.3) is 0 Å². The molecule has 1 heterocycles. The molecule has 1 aromatic heterocycles. The van der Waals surface area contributed by atoms with Crippen molar-refractivity contribution in [3.63, 3.8) is 0 Å². The first-order valence-electron chi connectivity index (χ1n) is 31.3. The molecule has 0 aliphatic carbocycles. The summed E-state index contributed by atoms with van der Waals surface area (Å²) in [5, 5.41) is -1.40. The maximum Gasteiger partial charge on any atom is 0.0651 e. The number of para-hydroxylation sites is 2. The van der Waals surface area contributed by atoms with Crippen LogP contribution in [0.25, 0.3) is 60.9 Å². The topological polar surface area (TPSA) is 8.17 Å². The predicted octanol–water partition coefficient (Wildman–Crippen LogP) is 13.3. The van der Waals surface area contributed by atoms with E-state index in [9.17, 15) is 20.6 Å². The first-order valence-corrected chi connectivity index (χ1v) is 14.3. The summed E-state index contributed by atoms with van der Waals surface area (Å²) in [4.78, 5) is 0.235. The second kappa shape index (κ2) is 12.8. The van der Waals surface area contributed by atoms with Crippen LogP contribution in [0.15, 0.2) is 205 Å². The van der Waals surface area contributed by atoms with Crippen LogP contribution in [-0.4, -0.2) is 4.57 Å². The lowest BCUT2D eigenvalue weighted by Gasteiger charge is -2.26. The van der Waals surface area contributed by atoms with Crippen LogP contribution >= 0.6 is 0 Å². The minimum atomic E-state index is -1.36. The molecule has 0 aliphatic heterocycles. The van der Waals surface area contributed by atoms with Crippen LogP contribution in [0.3, 0.4) is 0 Å². The number of fused-ring (bicyclic) bond motifs is 3. The average molecular weight is 673 g/mol. The fourth-order valence-electron chi connectivity index (χ4n) is 4.96. The third-order valence-corrected chi connectivity index (χ3v) is 7.12. The molecular formula is C48H34N2. The molecule has 0 fully saturated rings. The number of hydrogen-bond acceptors (Lipinski definition) is 1. The number of rotatable bonds is 7. The van der Waals surface area contributed by atoms with Crippen LogP contribution in [0.4, 0.5) is 17.1 Å². The molecule has 0 saturated heterocycles. The molecule has 8 aromatic carbocycles. The summed E-state index contributed by atoms with van der Waals surface area (Å²) < 4.78 is 304. The quantitative estimate of drug-likeness (QED) is 0.164. The van der Waals surface area contributed by atoms with Gasteiger partial charge in [-0.3, -0.25) is 0 Å². The van der Waals surface area contributed by atoms with E-state index in [0.717, 1.165) is 0 Å². The van der Waals surface area contributed by atoms with Gasteiger partial charge in [-0.05, 0) is 99.8 Å². The van der Waals surface area contributed by atoms with Gasteiger partial charge in [0.2, 0.25) is 0 Å². The predicted molar refractivity (Wildman–Crippen MR) is 212 cm³/mol. The maximum absolute atomic E-state index is 9.95. The molecule has 0 N–H and O–H groups in total. The molecule has 236 valence electrons. The van der Waals surface area contributed by atoms with Crippen LogP contribution in [0.2, 0.25) is 0 Å². The molecular weight excluding hydrogens is 605 g/mol. The van der Waals surface area contributed by atoms with E-state index in [1.54, 1.807) is 0 Å². The minimum absolute atomic E-state index is 0.235. The van der Waals surface area contributed by atoms with Gasteiger partial charge in [-0.25, -0.2) is 0 Å². The van der Waals surface area contributed by atoms with Crippen molar-refractivity contribution in [2.75, 3.05) is 4.90 Å².